The number of anilines is 1. The minimum atomic E-state index is -0.149. The molecular weight excluding hydrogens is 496 g/mol. The maximum Gasteiger partial charge on any atom is 0.309 e. The third kappa shape index (κ3) is 7.13. The van der Waals surface area contributed by atoms with Gasteiger partial charge in [0, 0.05) is 49.6 Å². The lowest BCUT2D eigenvalue weighted by Crippen LogP contribution is -2.40. The van der Waals surface area contributed by atoms with Crippen molar-refractivity contribution >= 4 is 29.5 Å². The standard InChI is InChI=1S/C30H36N4O3S/c1-4-17-33(3)27-20-26(23-9-7-6-8-10-23)31-30(32-27)38-21-22-11-13-24(14-12-22)28(35)34-18-15-25(16-19-34)29(36)37-5-2/h6-14,20,25H,4-5,15-19,21H2,1-3H3. The minimum absolute atomic E-state index is 0.00834. The molecule has 4 rings (SSSR count). The second kappa shape index (κ2) is 13.4. The SMILES string of the molecule is CCCN(C)c1cc(-c2ccccc2)nc(SCc2ccc(C(=O)N3CCC(C(=O)OCC)CC3)cc2)n1. The smallest absolute Gasteiger partial charge is 0.309 e. The highest BCUT2D eigenvalue weighted by atomic mass is 32.2. The molecule has 0 atom stereocenters. The summed E-state index contributed by atoms with van der Waals surface area (Å²) in [5, 5.41) is 0.730. The molecule has 0 saturated carbocycles. The average Bonchev–Trinajstić information content (AvgIpc) is 2.96. The Morgan fingerprint density at radius 3 is 2.39 bits per heavy atom. The Bertz CT molecular complexity index is 1210. The summed E-state index contributed by atoms with van der Waals surface area (Å²) < 4.78 is 5.13. The predicted octanol–water partition coefficient (Wildman–Crippen LogP) is 5.70. The van der Waals surface area contributed by atoms with Crippen LogP contribution in [0.25, 0.3) is 11.3 Å². The second-order valence-corrected chi connectivity index (χ2v) is 10.4. The molecule has 0 unspecified atom stereocenters. The lowest BCUT2D eigenvalue weighted by molar-refractivity contribution is -0.149. The number of nitrogens with zero attached hydrogens (tertiary/aromatic N) is 4. The van der Waals surface area contributed by atoms with E-state index in [9.17, 15) is 9.59 Å². The van der Waals surface area contributed by atoms with E-state index in [2.05, 4.69) is 31.0 Å². The number of amides is 1. The van der Waals surface area contributed by atoms with Crippen LogP contribution in [0.3, 0.4) is 0 Å². The Morgan fingerprint density at radius 2 is 1.74 bits per heavy atom. The van der Waals surface area contributed by atoms with Crippen molar-refractivity contribution in [1.82, 2.24) is 14.9 Å². The molecule has 1 aromatic heterocycles. The van der Waals surface area contributed by atoms with Gasteiger partial charge >= 0.3 is 5.97 Å². The molecule has 0 bridgehead atoms. The molecule has 0 N–H and O–H groups in total. The maximum atomic E-state index is 13.0. The van der Waals surface area contributed by atoms with Crippen LogP contribution in [-0.4, -0.2) is 60.0 Å². The highest BCUT2D eigenvalue weighted by Gasteiger charge is 2.28. The van der Waals surface area contributed by atoms with Gasteiger partial charge in [-0.3, -0.25) is 9.59 Å². The van der Waals surface area contributed by atoms with Crippen molar-refractivity contribution < 1.29 is 14.3 Å². The third-order valence-corrected chi connectivity index (χ3v) is 7.60. The van der Waals surface area contributed by atoms with Gasteiger partial charge in [0.15, 0.2) is 5.16 Å². The quantitative estimate of drug-likeness (QED) is 0.188. The first-order valence-corrected chi connectivity index (χ1v) is 14.3. The summed E-state index contributed by atoms with van der Waals surface area (Å²) in [5.74, 6) is 1.37. The van der Waals surface area contributed by atoms with Crippen LogP contribution in [0.4, 0.5) is 5.82 Å². The number of carbonyl (C=O) groups is 2. The summed E-state index contributed by atoms with van der Waals surface area (Å²) >= 11 is 1.59. The van der Waals surface area contributed by atoms with E-state index in [1.54, 1.807) is 11.8 Å². The first-order chi connectivity index (χ1) is 18.5. The molecule has 1 amide bonds. The number of thioether (sulfide) groups is 1. The normalized spacial score (nSPS) is 13.8. The van der Waals surface area contributed by atoms with Crippen molar-refractivity contribution in [1.29, 1.82) is 0 Å². The summed E-state index contributed by atoms with van der Waals surface area (Å²) in [4.78, 5) is 38.6. The number of ether oxygens (including phenoxy) is 1. The lowest BCUT2D eigenvalue weighted by atomic mass is 9.96. The summed E-state index contributed by atoms with van der Waals surface area (Å²) in [5.41, 5.74) is 3.75. The highest BCUT2D eigenvalue weighted by molar-refractivity contribution is 7.98. The summed E-state index contributed by atoms with van der Waals surface area (Å²) in [6.07, 6.45) is 2.34. The van der Waals surface area contributed by atoms with Crippen molar-refractivity contribution in [2.75, 3.05) is 38.2 Å². The molecule has 1 fully saturated rings. The largest absolute Gasteiger partial charge is 0.466 e. The third-order valence-electron chi connectivity index (χ3n) is 6.68. The molecule has 2 heterocycles. The molecular formula is C30H36N4O3S. The molecule has 8 heteroatoms. The first-order valence-electron chi connectivity index (χ1n) is 13.3. The second-order valence-electron chi connectivity index (χ2n) is 9.49. The van der Waals surface area contributed by atoms with Gasteiger partial charge in [-0.15, -0.1) is 0 Å². The molecule has 7 nitrogen and oxygen atoms in total. The van der Waals surface area contributed by atoms with E-state index in [4.69, 9.17) is 14.7 Å². The van der Waals surface area contributed by atoms with E-state index in [1.807, 2.05) is 60.4 Å². The Kier molecular flexibility index (Phi) is 9.76. The van der Waals surface area contributed by atoms with Crippen LogP contribution < -0.4 is 4.90 Å². The van der Waals surface area contributed by atoms with Gasteiger partial charge in [-0.25, -0.2) is 9.97 Å². The molecule has 0 spiro atoms. The topological polar surface area (TPSA) is 75.6 Å². The number of aromatic nitrogens is 2. The van der Waals surface area contributed by atoms with Gasteiger partial charge in [-0.1, -0.05) is 61.2 Å². The first kappa shape index (κ1) is 27.6. The minimum Gasteiger partial charge on any atom is -0.466 e. The fourth-order valence-corrected chi connectivity index (χ4v) is 5.34. The Hall–Kier alpha value is -3.39. The monoisotopic (exact) mass is 532 g/mol. The van der Waals surface area contributed by atoms with E-state index in [-0.39, 0.29) is 17.8 Å². The van der Waals surface area contributed by atoms with Gasteiger partial charge in [0.25, 0.3) is 5.91 Å². The zero-order chi connectivity index (χ0) is 26.9. The van der Waals surface area contributed by atoms with Crippen LogP contribution in [0, 0.1) is 5.92 Å². The van der Waals surface area contributed by atoms with Crippen LogP contribution in [0.15, 0.2) is 65.8 Å². The van der Waals surface area contributed by atoms with Gasteiger partial charge in [-0.05, 0) is 43.9 Å². The van der Waals surface area contributed by atoms with Crippen LogP contribution in [0.5, 0.6) is 0 Å². The molecule has 0 aliphatic carbocycles. The zero-order valence-electron chi connectivity index (χ0n) is 22.4. The zero-order valence-corrected chi connectivity index (χ0v) is 23.2. The van der Waals surface area contributed by atoms with E-state index in [0.717, 1.165) is 40.8 Å². The number of hydrogen-bond donors (Lipinski definition) is 0. The number of piperidine rings is 1. The van der Waals surface area contributed by atoms with E-state index in [1.165, 1.54) is 0 Å². The van der Waals surface area contributed by atoms with E-state index >= 15 is 0 Å². The summed E-state index contributed by atoms with van der Waals surface area (Å²) in [7, 11) is 2.06. The molecule has 2 aromatic carbocycles. The molecule has 3 aromatic rings. The molecule has 0 radical (unpaired) electrons. The van der Waals surface area contributed by atoms with Crippen molar-refractivity contribution in [2.24, 2.45) is 5.92 Å². The van der Waals surface area contributed by atoms with E-state index < -0.39 is 0 Å². The highest BCUT2D eigenvalue weighted by Crippen LogP contribution is 2.27. The van der Waals surface area contributed by atoms with Crippen molar-refractivity contribution in [3.8, 4) is 11.3 Å². The molecule has 1 saturated heterocycles. The van der Waals surface area contributed by atoms with Crippen molar-refractivity contribution in [2.45, 2.75) is 44.0 Å². The number of rotatable bonds is 10. The summed E-state index contributed by atoms with van der Waals surface area (Å²) in [6.45, 7) is 6.44. The van der Waals surface area contributed by atoms with Crippen LogP contribution in [-0.2, 0) is 15.3 Å². The Balaban J connectivity index is 1.39. The average molecular weight is 533 g/mol. The number of benzene rings is 2. The van der Waals surface area contributed by atoms with Gasteiger partial charge in [-0.2, -0.15) is 0 Å². The molecule has 1 aliphatic heterocycles. The van der Waals surface area contributed by atoms with Gasteiger partial charge in [0.05, 0.1) is 18.2 Å². The van der Waals surface area contributed by atoms with Crippen LogP contribution in [0.1, 0.15) is 49.0 Å². The number of carbonyl (C=O) groups excluding carboxylic acids is 2. The Labute approximate surface area is 229 Å². The fourth-order valence-electron chi connectivity index (χ4n) is 4.53. The van der Waals surface area contributed by atoms with Crippen molar-refractivity contribution in [3.63, 3.8) is 0 Å². The predicted molar refractivity (Wildman–Crippen MR) is 152 cm³/mol. The number of esters is 1. The molecule has 200 valence electrons. The molecule has 1 aliphatic rings. The van der Waals surface area contributed by atoms with Gasteiger partial charge < -0.3 is 14.5 Å². The number of likely N-dealkylation sites (tertiary alicyclic amines) is 1. The van der Waals surface area contributed by atoms with E-state index in [0.29, 0.717) is 43.9 Å². The number of hydrogen-bond acceptors (Lipinski definition) is 7. The van der Waals surface area contributed by atoms with Crippen molar-refractivity contribution in [3.05, 3.63) is 71.8 Å². The summed E-state index contributed by atoms with van der Waals surface area (Å²) in [6, 6.07) is 20.0. The van der Waals surface area contributed by atoms with Gasteiger partial charge in [0.2, 0.25) is 0 Å². The maximum absolute atomic E-state index is 13.0. The fraction of sp³-hybridized carbons (Fsp3) is 0.400. The Morgan fingerprint density at radius 1 is 1.03 bits per heavy atom. The van der Waals surface area contributed by atoms with Crippen LogP contribution in [0.2, 0.25) is 0 Å². The van der Waals surface area contributed by atoms with Gasteiger partial charge in [0.1, 0.15) is 5.82 Å². The lowest BCUT2D eigenvalue weighted by Gasteiger charge is -2.31. The molecule has 38 heavy (non-hydrogen) atoms. The van der Waals surface area contributed by atoms with Crippen LogP contribution >= 0.6 is 11.8 Å².